The van der Waals surface area contributed by atoms with Crippen LogP contribution in [0.1, 0.15) is 74.3 Å². The number of benzene rings is 2. The molecular formula is C30H32FN5O4. The van der Waals surface area contributed by atoms with E-state index in [1.54, 1.807) is 22.8 Å². The van der Waals surface area contributed by atoms with Crippen LogP contribution < -0.4 is 21.9 Å². The number of amides is 2. The van der Waals surface area contributed by atoms with Crippen LogP contribution in [0, 0.1) is 29.0 Å². The number of anilines is 1. The molecule has 1 aromatic heterocycles. The van der Waals surface area contributed by atoms with Crippen molar-refractivity contribution in [1.82, 2.24) is 14.5 Å². The third kappa shape index (κ3) is 5.41. The summed E-state index contributed by atoms with van der Waals surface area (Å²) in [4.78, 5) is 53.0. The highest BCUT2D eigenvalue weighted by Gasteiger charge is 2.33. The minimum Gasteiger partial charge on any atom is -0.349 e. The maximum absolute atomic E-state index is 14.0. The van der Waals surface area contributed by atoms with Gasteiger partial charge in [-0.15, -0.1) is 0 Å². The Kier molecular flexibility index (Phi) is 7.57. The van der Waals surface area contributed by atoms with Crippen molar-refractivity contribution in [1.29, 1.82) is 5.26 Å². The van der Waals surface area contributed by atoms with Crippen LogP contribution >= 0.6 is 0 Å². The van der Waals surface area contributed by atoms with E-state index in [2.05, 4.69) is 10.6 Å². The van der Waals surface area contributed by atoms with E-state index in [0.29, 0.717) is 36.2 Å². The third-order valence-corrected chi connectivity index (χ3v) is 7.86. The second kappa shape index (κ2) is 11.1. The number of rotatable bonds is 7. The molecule has 2 N–H and O–H groups in total. The van der Waals surface area contributed by atoms with Crippen LogP contribution in [0.3, 0.4) is 0 Å². The summed E-state index contributed by atoms with van der Waals surface area (Å²) in [6.07, 6.45) is 4.79. The normalized spacial score (nSPS) is 18.9. The Balaban J connectivity index is 1.39. The Hall–Kier alpha value is -4.26. The number of nitrogens with one attached hydrogen (secondary N) is 2. The van der Waals surface area contributed by atoms with E-state index in [1.165, 1.54) is 22.8 Å². The molecule has 2 aromatic carbocycles. The fraction of sp³-hybridized carbons (Fsp3) is 0.433. The fourth-order valence-corrected chi connectivity index (χ4v) is 5.53. The lowest BCUT2D eigenvalue weighted by atomic mass is 9.83. The van der Waals surface area contributed by atoms with Crippen molar-refractivity contribution < 1.29 is 14.0 Å². The number of hydrogen-bond acceptors (Lipinski definition) is 5. The second-order valence-electron chi connectivity index (χ2n) is 11.1. The molecule has 2 amide bonds. The van der Waals surface area contributed by atoms with Crippen LogP contribution in [0.5, 0.6) is 0 Å². The van der Waals surface area contributed by atoms with Gasteiger partial charge in [-0.2, -0.15) is 5.26 Å². The lowest BCUT2D eigenvalue weighted by Gasteiger charge is -2.31. The molecule has 208 valence electrons. The van der Waals surface area contributed by atoms with Gasteiger partial charge in [0.2, 0.25) is 5.91 Å². The molecule has 9 nitrogen and oxygen atoms in total. The van der Waals surface area contributed by atoms with E-state index in [-0.39, 0.29) is 34.5 Å². The molecule has 2 saturated carbocycles. The van der Waals surface area contributed by atoms with E-state index in [0.717, 1.165) is 31.7 Å². The number of halogens is 1. The van der Waals surface area contributed by atoms with Gasteiger partial charge in [-0.1, -0.05) is 12.8 Å². The van der Waals surface area contributed by atoms with Gasteiger partial charge < -0.3 is 10.6 Å². The Morgan fingerprint density at radius 3 is 2.50 bits per heavy atom. The van der Waals surface area contributed by atoms with Crippen LogP contribution in [0.4, 0.5) is 10.1 Å². The lowest BCUT2D eigenvalue weighted by molar-refractivity contribution is -0.121. The predicted molar refractivity (Wildman–Crippen MR) is 149 cm³/mol. The van der Waals surface area contributed by atoms with Crippen LogP contribution in [0.25, 0.3) is 10.9 Å². The quantitative estimate of drug-likeness (QED) is 0.463. The van der Waals surface area contributed by atoms with Crippen molar-refractivity contribution in [2.75, 3.05) is 5.32 Å². The summed E-state index contributed by atoms with van der Waals surface area (Å²) in [5.41, 5.74) is 0.151. The van der Waals surface area contributed by atoms with E-state index in [1.807, 2.05) is 13.8 Å². The predicted octanol–water partition coefficient (Wildman–Crippen LogP) is 4.09. The Bertz CT molecular complexity index is 1650. The topological polar surface area (TPSA) is 126 Å². The first-order chi connectivity index (χ1) is 19.2. The molecule has 2 aliphatic carbocycles. The average molecular weight is 546 g/mol. The number of nitriles is 1. The zero-order valence-corrected chi connectivity index (χ0v) is 22.6. The molecule has 1 heterocycles. The Labute approximate surface area is 230 Å². The minimum absolute atomic E-state index is 0.110. The monoisotopic (exact) mass is 545 g/mol. The lowest BCUT2D eigenvalue weighted by Crippen LogP contribution is -2.46. The largest absolute Gasteiger partial charge is 0.349 e. The first-order valence-corrected chi connectivity index (χ1v) is 13.8. The number of carbonyl (C=O) groups is 2. The fourth-order valence-electron chi connectivity index (χ4n) is 5.53. The van der Waals surface area contributed by atoms with Crippen LogP contribution in [0.15, 0.2) is 46.0 Å². The number of carbonyl (C=O) groups excluding carboxylic acids is 2. The van der Waals surface area contributed by atoms with E-state index in [9.17, 15) is 23.6 Å². The summed E-state index contributed by atoms with van der Waals surface area (Å²) in [7, 11) is 0. The minimum atomic E-state index is -0.718. The van der Waals surface area contributed by atoms with Crippen molar-refractivity contribution in [2.24, 2.45) is 11.8 Å². The number of nitrogens with zero attached hydrogens (tertiary/aromatic N) is 3. The summed E-state index contributed by atoms with van der Waals surface area (Å²) in [5.74, 6) is -1.67. The number of hydrogen-bond donors (Lipinski definition) is 2. The summed E-state index contributed by atoms with van der Waals surface area (Å²) in [6.45, 7) is 4.14. The number of fused-ring (bicyclic) bond motifs is 1. The molecule has 5 rings (SSSR count). The van der Waals surface area contributed by atoms with Gasteiger partial charge in [0, 0.05) is 29.9 Å². The molecule has 2 fully saturated rings. The van der Waals surface area contributed by atoms with Crippen LogP contribution in [-0.4, -0.2) is 27.0 Å². The van der Waals surface area contributed by atoms with E-state index >= 15 is 0 Å². The Morgan fingerprint density at radius 1 is 1.07 bits per heavy atom. The smallest absolute Gasteiger partial charge is 0.331 e. The summed E-state index contributed by atoms with van der Waals surface area (Å²) >= 11 is 0. The van der Waals surface area contributed by atoms with Crippen molar-refractivity contribution in [2.45, 2.75) is 71.0 Å². The zero-order chi connectivity index (χ0) is 28.6. The molecular weight excluding hydrogens is 513 g/mol. The standard InChI is InChI=1S/C30H32FN5O4/c1-17(2)36-26-12-10-19(13-23(26)29(39)35(30(36)40)16-18-7-8-18)27(37)34-25-6-4-3-5-22(25)28(38)33-21-11-9-20(15-32)24(31)14-21/h9-14,17-18,22,25H,3-8,16H2,1-2H3,(H,33,38)(H,34,37)/t22-,25?/m0/s1. The second-order valence-corrected chi connectivity index (χ2v) is 11.1. The van der Waals surface area contributed by atoms with Gasteiger partial charge >= 0.3 is 5.69 Å². The van der Waals surface area contributed by atoms with Crippen molar-refractivity contribution >= 4 is 28.4 Å². The van der Waals surface area contributed by atoms with Gasteiger partial charge in [-0.25, -0.2) is 9.18 Å². The molecule has 10 heteroatoms. The average Bonchev–Trinajstić information content (AvgIpc) is 3.75. The summed E-state index contributed by atoms with van der Waals surface area (Å²) in [5, 5.41) is 14.9. The molecule has 1 unspecified atom stereocenters. The van der Waals surface area contributed by atoms with E-state index < -0.39 is 29.2 Å². The highest BCUT2D eigenvalue weighted by molar-refractivity contribution is 5.99. The maximum Gasteiger partial charge on any atom is 0.331 e. The van der Waals surface area contributed by atoms with Crippen LogP contribution in [-0.2, 0) is 11.3 Å². The SMILES string of the molecule is CC(C)n1c(=O)n(CC2CC2)c(=O)c2cc(C(=O)NC3CCCC[C@@H]3C(=O)Nc3ccc(C#N)c(F)c3)ccc21. The molecule has 0 spiro atoms. The van der Waals surface area contributed by atoms with Gasteiger partial charge in [0.15, 0.2) is 0 Å². The first-order valence-electron chi connectivity index (χ1n) is 13.8. The number of aromatic nitrogens is 2. The third-order valence-electron chi connectivity index (χ3n) is 7.86. The van der Waals surface area contributed by atoms with Crippen molar-refractivity contribution in [3.8, 4) is 6.07 Å². The van der Waals surface area contributed by atoms with Gasteiger partial charge in [-0.05, 0) is 81.8 Å². The molecule has 2 atom stereocenters. The van der Waals surface area contributed by atoms with Gasteiger partial charge in [0.1, 0.15) is 11.9 Å². The molecule has 0 bridgehead atoms. The molecule has 40 heavy (non-hydrogen) atoms. The van der Waals surface area contributed by atoms with Crippen molar-refractivity contribution in [3.05, 3.63) is 74.2 Å². The first kappa shape index (κ1) is 27.3. The maximum atomic E-state index is 14.0. The Morgan fingerprint density at radius 2 is 1.82 bits per heavy atom. The molecule has 3 aromatic rings. The summed E-state index contributed by atoms with van der Waals surface area (Å²) < 4.78 is 16.9. The molecule has 0 aliphatic heterocycles. The van der Waals surface area contributed by atoms with Gasteiger partial charge in [-0.3, -0.25) is 23.5 Å². The molecule has 0 radical (unpaired) electrons. The van der Waals surface area contributed by atoms with Crippen LogP contribution in [0.2, 0.25) is 0 Å². The summed E-state index contributed by atoms with van der Waals surface area (Å²) in [6, 6.07) is 9.78. The van der Waals surface area contributed by atoms with Gasteiger partial charge in [0.25, 0.3) is 11.5 Å². The zero-order valence-electron chi connectivity index (χ0n) is 22.6. The highest BCUT2D eigenvalue weighted by Crippen LogP contribution is 2.30. The molecule has 0 saturated heterocycles. The van der Waals surface area contributed by atoms with Gasteiger partial charge in [0.05, 0.1) is 22.4 Å². The highest BCUT2D eigenvalue weighted by atomic mass is 19.1. The molecule has 2 aliphatic rings. The van der Waals surface area contributed by atoms with E-state index in [4.69, 9.17) is 5.26 Å². The van der Waals surface area contributed by atoms with Crippen molar-refractivity contribution in [3.63, 3.8) is 0 Å².